The number of aliphatic hydroxyl groups is 1. The number of ether oxygens (including phenoxy) is 1. The van der Waals surface area contributed by atoms with Gasteiger partial charge in [0.1, 0.15) is 24.9 Å². The number of aliphatic hydroxyl groups excluding tert-OH is 1. The van der Waals surface area contributed by atoms with Gasteiger partial charge >= 0.3 is 124 Å². The Morgan fingerprint density at radius 3 is 2.28 bits per heavy atom. The first-order valence-electron chi connectivity index (χ1n) is 7.07. The fourth-order valence-electron chi connectivity index (χ4n) is 2.13. The minimum Gasteiger partial charge on any atom is -0.790 e. The third-order valence-corrected chi connectivity index (χ3v) is 7.74. The number of rotatable bonds is 8. The van der Waals surface area contributed by atoms with E-state index < -0.39 is 53.1 Å². The summed E-state index contributed by atoms with van der Waals surface area (Å²) in [7, 11) is -11.9. The Hall–Kier alpha value is 3.43. The van der Waals surface area contributed by atoms with Crippen LogP contribution in [-0.4, -0.2) is 33.5 Å². The van der Waals surface area contributed by atoms with Crippen LogP contribution < -0.4 is 149 Å². The van der Waals surface area contributed by atoms with Crippen molar-refractivity contribution in [2.75, 3.05) is 12.3 Å². The maximum atomic E-state index is 11.8. The van der Waals surface area contributed by atoms with Gasteiger partial charge in [0.15, 0.2) is 0 Å². The molecule has 1 aliphatic rings. The predicted octanol–water partition coefficient (Wildman–Crippen LogP) is -15.6. The molecular weight excluding hydrogens is 559 g/mol. The zero-order valence-electron chi connectivity index (χ0n) is 17.5. The summed E-state index contributed by atoms with van der Waals surface area (Å²) in [5, 5.41) is 9.96. The van der Waals surface area contributed by atoms with E-state index in [0.717, 1.165) is 4.57 Å². The van der Waals surface area contributed by atoms with E-state index in [1.807, 2.05) is 0 Å². The minimum absolute atomic E-state index is 0. The molecule has 160 valence electrons. The van der Waals surface area contributed by atoms with Gasteiger partial charge in [0.25, 0.3) is 7.82 Å². The molecule has 0 radical (unpaired) electrons. The summed E-state index contributed by atoms with van der Waals surface area (Å²) in [4.78, 5) is 58.9. The van der Waals surface area contributed by atoms with Crippen LogP contribution in [0.5, 0.6) is 0 Å². The van der Waals surface area contributed by atoms with Gasteiger partial charge < -0.3 is 44.2 Å². The Kier molecular flexibility index (Phi) is 20.5. The fourth-order valence-corrected chi connectivity index (χ4v) is 5.91. The molecule has 0 aliphatic carbocycles. The summed E-state index contributed by atoms with van der Waals surface area (Å²) < 4.78 is 39.3. The summed E-state index contributed by atoms with van der Waals surface area (Å²) in [6.45, 7) is -5.65. The monoisotopic (exact) mass is 571 g/mol. The third-order valence-electron chi connectivity index (χ3n) is 3.16. The van der Waals surface area contributed by atoms with Crippen LogP contribution in [0.15, 0.2) is 17.1 Å². The van der Waals surface area contributed by atoms with Gasteiger partial charge in [-0.15, -0.1) is 0 Å². The van der Waals surface area contributed by atoms with E-state index in [4.69, 9.17) is 10.5 Å². The molecule has 3 N–H and O–H groups in total. The number of nitrogen functional groups attached to an aromatic ring is 1. The Bertz CT molecular complexity index is 936. The smallest absolute Gasteiger partial charge is 0.790 e. The number of hydrogen-bond donors (Lipinski definition) is 2. The molecule has 2 rings (SSSR count). The van der Waals surface area contributed by atoms with Gasteiger partial charge in [-0.25, -0.2) is 4.79 Å². The number of anilines is 1. The molecule has 1 aromatic heterocycles. The second-order valence-electron chi connectivity index (χ2n) is 5.28. The summed E-state index contributed by atoms with van der Waals surface area (Å²) in [6.07, 6.45) is -2.30. The average molecular weight is 571 g/mol. The van der Waals surface area contributed by atoms with E-state index >= 15 is 0 Å². The number of nitrogens with two attached hydrogens (primary N) is 1. The van der Waals surface area contributed by atoms with Crippen LogP contribution in [0.3, 0.4) is 0 Å². The van der Waals surface area contributed by atoms with Crippen molar-refractivity contribution in [1.82, 2.24) is 9.55 Å². The van der Waals surface area contributed by atoms with Crippen LogP contribution in [0, 0.1) is 0 Å². The second-order valence-corrected chi connectivity index (χ2v) is 10.9. The molecule has 0 aromatic carbocycles. The number of nitrogens with zero attached hydrogens (tertiary/aromatic N) is 2. The van der Waals surface area contributed by atoms with Gasteiger partial charge in [-0.2, -0.15) is 4.98 Å². The molecule has 0 amide bonds. The topological polar surface area (TPSA) is 244 Å². The zero-order valence-corrected chi connectivity index (χ0v) is 29.0. The van der Waals surface area contributed by atoms with Crippen LogP contribution >= 0.6 is 22.4 Å². The van der Waals surface area contributed by atoms with E-state index in [2.05, 4.69) is 29.9 Å². The number of phosphoric acid groups is 2. The normalized spacial score (nSPS) is 23.8. The van der Waals surface area contributed by atoms with Gasteiger partial charge in [-0.1, -0.05) is 11.8 Å². The summed E-state index contributed by atoms with van der Waals surface area (Å²) in [5.41, 5.74) is 4.59. The quantitative estimate of drug-likeness (QED) is 0.217. The Balaban J connectivity index is -0.00000210. The standard InChI is InChI=1S/C9H16N3O12P3S.4Na/c10-7-1-2-12(9(14)11-7)8-3-5(13)6(22-8)4-21-27(20,28)24-26(18,19)23-25(15,16)17;;;;/h1-2,5-6,8,13H,3-4H2,(H,18,19)(H,20,28)(H2,10,11,14)(H2,15,16,17);;;;/q;4*+1/p-4. The van der Waals surface area contributed by atoms with Crippen molar-refractivity contribution in [2.45, 2.75) is 24.9 Å². The SMILES string of the molecule is Nc1ccn(C2CC(O)C(COP([O-])(=S)OP(=O)([O-])OP(=O)([O-])[O-])O2)c(=O)n1.[Na+].[Na+].[Na+].[Na+]. The first kappa shape index (κ1) is 39.9. The van der Waals surface area contributed by atoms with Crippen LogP contribution in [0.25, 0.3) is 0 Å². The van der Waals surface area contributed by atoms with Crippen molar-refractivity contribution < 1.29 is 170 Å². The molecule has 0 saturated carbocycles. The number of aromatic nitrogens is 2. The van der Waals surface area contributed by atoms with Crippen LogP contribution in [-0.2, 0) is 38.8 Å². The maximum absolute atomic E-state index is 11.8. The fraction of sp³-hybridized carbons (Fsp3) is 0.556. The van der Waals surface area contributed by atoms with Crippen molar-refractivity contribution in [3.8, 4) is 0 Å². The first-order chi connectivity index (χ1) is 12.7. The van der Waals surface area contributed by atoms with Crippen molar-refractivity contribution in [2.24, 2.45) is 0 Å². The van der Waals surface area contributed by atoms with Crippen LogP contribution in [0.2, 0.25) is 0 Å². The molecule has 32 heavy (non-hydrogen) atoms. The van der Waals surface area contributed by atoms with Crippen molar-refractivity contribution in [3.63, 3.8) is 0 Å². The maximum Gasteiger partial charge on any atom is 1.00 e. The molecule has 5 unspecified atom stereocenters. The van der Waals surface area contributed by atoms with Crippen molar-refractivity contribution >= 4 is 40.0 Å². The molecule has 1 aliphatic heterocycles. The van der Waals surface area contributed by atoms with E-state index in [-0.39, 0.29) is 130 Å². The van der Waals surface area contributed by atoms with Gasteiger partial charge in [0.05, 0.1) is 20.5 Å². The Morgan fingerprint density at radius 1 is 1.22 bits per heavy atom. The van der Waals surface area contributed by atoms with E-state index in [0.29, 0.717) is 0 Å². The summed E-state index contributed by atoms with van der Waals surface area (Å²) in [6, 6.07) is 1.31. The van der Waals surface area contributed by atoms with E-state index in [1.165, 1.54) is 12.3 Å². The van der Waals surface area contributed by atoms with Crippen molar-refractivity contribution in [1.29, 1.82) is 0 Å². The summed E-state index contributed by atoms with van der Waals surface area (Å²) in [5.74, 6) is -0.0335. The third kappa shape index (κ3) is 13.8. The molecule has 0 bridgehead atoms. The molecule has 0 spiro atoms. The Labute approximate surface area is 275 Å². The van der Waals surface area contributed by atoms with Gasteiger partial charge in [0.2, 0.25) is 0 Å². The molecule has 5 atom stereocenters. The average Bonchev–Trinajstić information content (AvgIpc) is 2.82. The molecule has 1 aromatic rings. The Morgan fingerprint density at radius 2 is 1.78 bits per heavy atom. The molecule has 23 heteroatoms. The van der Waals surface area contributed by atoms with E-state index in [9.17, 15) is 38.6 Å². The van der Waals surface area contributed by atoms with Crippen molar-refractivity contribution in [3.05, 3.63) is 22.7 Å². The number of hydrogen-bond acceptors (Lipinski definition) is 15. The van der Waals surface area contributed by atoms with E-state index in [1.54, 1.807) is 0 Å². The van der Waals surface area contributed by atoms with Gasteiger partial charge in [0, 0.05) is 12.6 Å². The molecule has 1 saturated heterocycles. The molecule has 15 nitrogen and oxygen atoms in total. The summed E-state index contributed by atoms with van der Waals surface area (Å²) >= 11 is 4.26. The zero-order chi connectivity index (χ0) is 21.3. The second kappa shape index (κ2) is 16.4. The first-order valence-corrected chi connectivity index (χ1v) is 12.5. The minimum atomic E-state index is -6.01. The largest absolute Gasteiger partial charge is 1.00 e. The predicted molar refractivity (Wildman–Crippen MR) is 85.1 cm³/mol. The molecular formula is C9H12N3Na4O12P3S. The van der Waals surface area contributed by atoms with Crippen LogP contribution in [0.4, 0.5) is 5.82 Å². The molecule has 1 fully saturated rings. The van der Waals surface area contributed by atoms with Gasteiger partial charge in [-0.05, 0) is 6.07 Å². The van der Waals surface area contributed by atoms with Crippen LogP contribution in [0.1, 0.15) is 12.6 Å². The molecule has 2 heterocycles. The van der Waals surface area contributed by atoms with Gasteiger partial charge in [-0.3, -0.25) is 17.8 Å².